The molecule has 0 aromatic heterocycles. The van der Waals surface area contributed by atoms with E-state index in [1.807, 2.05) is 0 Å². The zero-order valence-corrected chi connectivity index (χ0v) is 13.2. The molecular formula is C14H28Cl2O3. The first kappa shape index (κ1) is 19.5. The maximum Gasteiger partial charge on any atom is 0.0675 e. The first-order chi connectivity index (χ1) is 9.20. The van der Waals surface area contributed by atoms with Gasteiger partial charge in [0, 0.05) is 25.0 Å². The average molecular weight is 315 g/mol. The number of unbranched alkanes of at least 4 members (excludes halogenated alkanes) is 4. The molecule has 0 bridgehead atoms. The maximum atomic E-state index is 9.25. The summed E-state index contributed by atoms with van der Waals surface area (Å²) in [6.45, 7) is 1.59. The van der Waals surface area contributed by atoms with Gasteiger partial charge in [-0.2, -0.15) is 0 Å². The van der Waals surface area contributed by atoms with E-state index in [1.54, 1.807) is 0 Å². The average Bonchev–Trinajstić information content (AvgIpc) is 2.43. The van der Waals surface area contributed by atoms with E-state index in [0.717, 1.165) is 64.6 Å². The fourth-order valence-electron chi connectivity index (χ4n) is 1.78. The van der Waals surface area contributed by atoms with Gasteiger partial charge in [0.15, 0.2) is 0 Å². The zero-order valence-electron chi connectivity index (χ0n) is 11.7. The van der Waals surface area contributed by atoms with Gasteiger partial charge in [-0.05, 0) is 25.7 Å². The van der Waals surface area contributed by atoms with E-state index >= 15 is 0 Å². The summed E-state index contributed by atoms with van der Waals surface area (Å²) in [6.07, 6.45) is 7.11. The molecule has 0 heterocycles. The van der Waals surface area contributed by atoms with Gasteiger partial charge in [-0.3, -0.25) is 0 Å². The SMILES string of the molecule is OC(CCl)CCCCCOCCCCCC(O)CCl. The van der Waals surface area contributed by atoms with Crippen molar-refractivity contribution >= 4 is 23.2 Å². The number of ether oxygens (including phenoxy) is 1. The molecular weight excluding hydrogens is 287 g/mol. The Morgan fingerprint density at radius 3 is 1.47 bits per heavy atom. The number of aliphatic hydroxyl groups is 2. The molecule has 0 aliphatic heterocycles. The molecule has 19 heavy (non-hydrogen) atoms. The number of hydrogen-bond donors (Lipinski definition) is 2. The number of aliphatic hydroxyl groups excluding tert-OH is 2. The lowest BCUT2D eigenvalue weighted by Crippen LogP contribution is -2.08. The molecule has 0 spiro atoms. The normalized spacial score (nSPS) is 14.5. The van der Waals surface area contributed by atoms with Crippen molar-refractivity contribution in [2.45, 2.75) is 63.6 Å². The van der Waals surface area contributed by atoms with Crippen molar-refractivity contribution in [1.29, 1.82) is 0 Å². The molecule has 0 aliphatic rings. The zero-order chi connectivity index (χ0) is 14.3. The Balaban J connectivity index is 3.03. The molecule has 0 fully saturated rings. The Hall–Kier alpha value is 0.460. The second-order valence-corrected chi connectivity index (χ2v) is 5.54. The Kier molecular flexibility index (Phi) is 15.2. The molecule has 5 heteroatoms. The van der Waals surface area contributed by atoms with E-state index in [4.69, 9.17) is 27.9 Å². The monoisotopic (exact) mass is 314 g/mol. The molecule has 0 saturated carbocycles. The maximum absolute atomic E-state index is 9.25. The molecule has 2 N–H and O–H groups in total. The van der Waals surface area contributed by atoms with E-state index in [9.17, 15) is 10.2 Å². The Morgan fingerprint density at radius 2 is 1.11 bits per heavy atom. The van der Waals surface area contributed by atoms with Gasteiger partial charge in [0.1, 0.15) is 0 Å². The molecule has 0 radical (unpaired) electrons. The van der Waals surface area contributed by atoms with E-state index < -0.39 is 0 Å². The van der Waals surface area contributed by atoms with Crippen LogP contribution < -0.4 is 0 Å². The van der Waals surface area contributed by atoms with Crippen LogP contribution in [0.3, 0.4) is 0 Å². The Bertz CT molecular complexity index is 164. The van der Waals surface area contributed by atoms with Crippen LogP contribution in [0.2, 0.25) is 0 Å². The third kappa shape index (κ3) is 14.7. The van der Waals surface area contributed by atoms with E-state index in [2.05, 4.69) is 0 Å². The molecule has 3 nitrogen and oxygen atoms in total. The van der Waals surface area contributed by atoms with Crippen molar-refractivity contribution in [1.82, 2.24) is 0 Å². The van der Waals surface area contributed by atoms with Crippen molar-refractivity contribution in [3.8, 4) is 0 Å². The number of alkyl halides is 2. The Labute approximate surface area is 127 Å². The minimum atomic E-state index is -0.356. The highest BCUT2D eigenvalue weighted by molar-refractivity contribution is 6.18. The van der Waals surface area contributed by atoms with E-state index in [0.29, 0.717) is 11.8 Å². The Morgan fingerprint density at radius 1 is 0.684 bits per heavy atom. The van der Waals surface area contributed by atoms with Gasteiger partial charge in [-0.25, -0.2) is 0 Å². The summed E-state index contributed by atoms with van der Waals surface area (Å²) in [5, 5.41) is 18.5. The number of rotatable bonds is 14. The molecule has 0 aliphatic carbocycles. The van der Waals surface area contributed by atoms with E-state index in [1.165, 1.54) is 0 Å². The third-order valence-electron chi connectivity index (χ3n) is 3.01. The van der Waals surface area contributed by atoms with Crippen LogP contribution in [-0.2, 0) is 4.74 Å². The predicted octanol–water partition coefficient (Wildman–Crippen LogP) is 3.32. The summed E-state index contributed by atoms with van der Waals surface area (Å²) in [7, 11) is 0. The van der Waals surface area contributed by atoms with Crippen LogP contribution in [0.15, 0.2) is 0 Å². The summed E-state index contributed by atoms with van der Waals surface area (Å²) < 4.78 is 5.52. The van der Waals surface area contributed by atoms with Crippen LogP contribution in [0.1, 0.15) is 51.4 Å². The van der Waals surface area contributed by atoms with Crippen LogP contribution >= 0.6 is 23.2 Å². The molecule has 0 rings (SSSR count). The molecule has 116 valence electrons. The van der Waals surface area contributed by atoms with Gasteiger partial charge in [0.25, 0.3) is 0 Å². The second-order valence-electron chi connectivity index (χ2n) is 4.93. The quantitative estimate of drug-likeness (QED) is 0.382. The standard InChI is InChI=1S/C14H28Cl2O3/c15-11-13(17)7-3-1-5-9-19-10-6-2-4-8-14(18)12-16/h13-14,17-18H,1-12H2. The smallest absolute Gasteiger partial charge is 0.0675 e. The molecule has 0 aromatic carbocycles. The fourth-order valence-corrected chi connectivity index (χ4v) is 2.09. The van der Waals surface area contributed by atoms with Crippen LogP contribution in [0.25, 0.3) is 0 Å². The highest BCUT2D eigenvalue weighted by Gasteiger charge is 2.01. The second kappa shape index (κ2) is 14.9. The van der Waals surface area contributed by atoms with Gasteiger partial charge < -0.3 is 14.9 Å². The highest BCUT2D eigenvalue weighted by atomic mass is 35.5. The van der Waals surface area contributed by atoms with Crippen LogP contribution in [-0.4, -0.2) is 47.4 Å². The van der Waals surface area contributed by atoms with Gasteiger partial charge in [0.2, 0.25) is 0 Å². The van der Waals surface area contributed by atoms with Crippen molar-refractivity contribution in [2.24, 2.45) is 0 Å². The largest absolute Gasteiger partial charge is 0.392 e. The molecule has 2 unspecified atom stereocenters. The first-order valence-electron chi connectivity index (χ1n) is 7.26. The van der Waals surface area contributed by atoms with Crippen molar-refractivity contribution in [3.63, 3.8) is 0 Å². The van der Waals surface area contributed by atoms with Crippen molar-refractivity contribution in [3.05, 3.63) is 0 Å². The van der Waals surface area contributed by atoms with Gasteiger partial charge in [-0.1, -0.05) is 25.7 Å². The van der Waals surface area contributed by atoms with E-state index in [-0.39, 0.29) is 12.2 Å². The highest BCUT2D eigenvalue weighted by Crippen LogP contribution is 2.07. The first-order valence-corrected chi connectivity index (χ1v) is 8.33. The molecule has 2 atom stereocenters. The summed E-state index contributed by atoms with van der Waals surface area (Å²) in [5.41, 5.74) is 0. The van der Waals surface area contributed by atoms with Gasteiger partial charge in [-0.15, -0.1) is 23.2 Å². The minimum Gasteiger partial charge on any atom is -0.392 e. The number of halogens is 2. The van der Waals surface area contributed by atoms with Crippen molar-refractivity contribution < 1.29 is 14.9 Å². The third-order valence-corrected chi connectivity index (χ3v) is 3.72. The lowest BCUT2D eigenvalue weighted by atomic mass is 10.1. The summed E-state index contributed by atoms with van der Waals surface area (Å²) in [5.74, 6) is 0.657. The molecule has 0 aromatic rings. The topological polar surface area (TPSA) is 49.7 Å². The van der Waals surface area contributed by atoms with Crippen molar-refractivity contribution in [2.75, 3.05) is 25.0 Å². The van der Waals surface area contributed by atoms with Gasteiger partial charge >= 0.3 is 0 Å². The van der Waals surface area contributed by atoms with Crippen LogP contribution in [0.5, 0.6) is 0 Å². The fraction of sp³-hybridized carbons (Fsp3) is 1.00. The lowest BCUT2D eigenvalue weighted by Gasteiger charge is -2.07. The van der Waals surface area contributed by atoms with Crippen LogP contribution in [0.4, 0.5) is 0 Å². The molecule has 0 amide bonds. The summed E-state index contributed by atoms with van der Waals surface area (Å²) in [6, 6.07) is 0. The summed E-state index contributed by atoms with van der Waals surface area (Å²) >= 11 is 11.0. The lowest BCUT2D eigenvalue weighted by molar-refractivity contribution is 0.122. The predicted molar refractivity (Wildman–Crippen MR) is 81.2 cm³/mol. The molecule has 0 saturated heterocycles. The van der Waals surface area contributed by atoms with Crippen LogP contribution in [0, 0.1) is 0 Å². The summed E-state index contributed by atoms with van der Waals surface area (Å²) in [4.78, 5) is 0. The number of hydrogen-bond acceptors (Lipinski definition) is 3. The van der Waals surface area contributed by atoms with Gasteiger partial charge in [0.05, 0.1) is 12.2 Å². The minimum absolute atomic E-state index is 0.328.